The Morgan fingerprint density at radius 3 is 2.35 bits per heavy atom. The fourth-order valence-electron chi connectivity index (χ4n) is 5.80. The summed E-state index contributed by atoms with van der Waals surface area (Å²) in [6, 6.07) is 15.9. The molecule has 0 spiro atoms. The van der Waals surface area contributed by atoms with E-state index in [9.17, 15) is 22.8 Å². The second-order valence-corrected chi connectivity index (χ2v) is 13.1. The van der Waals surface area contributed by atoms with Gasteiger partial charge in [0, 0.05) is 29.0 Å². The van der Waals surface area contributed by atoms with Gasteiger partial charge in [0.05, 0.1) is 18.2 Å². The molecule has 0 aliphatic carbocycles. The van der Waals surface area contributed by atoms with Gasteiger partial charge in [0.25, 0.3) is 0 Å². The molecule has 5 rings (SSSR count). The Hall–Kier alpha value is -3.63. The van der Waals surface area contributed by atoms with Crippen molar-refractivity contribution in [3.63, 3.8) is 0 Å². The Morgan fingerprint density at radius 1 is 1.00 bits per heavy atom. The van der Waals surface area contributed by atoms with E-state index in [0.717, 1.165) is 43.8 Å². The number of ether oxygens (including phenoxy) is 2. The average Bonchev–Trinajstić information content (AvgIpc) is 3.63. The molecular formula is C33H35F3N2O4S. The van der Waals surface area contributed by atoms with E-state index >= 15 is 0 Å². The van der Waals surface area contributed by atoms with Crippen molar-refractivity contribution in [2.24, 2.45) is 0 Å². The van der Waals surface area contributed by atoms with Gasteiger partial charge >= 0.3 is 18.2 Å². The number of carbonyl (C=O) groups is 2. The molecule has 0 radical (unpaired) electrons. The minimum atomic E-state index is -4.36. The zero-order valence-corrected chi connectivity index (χ0v) is 25.6. The highest BCUT2D eigenvalue weighted by Gasteiger charge is 2.36. The minimum Gasteiger partial charge on any atom is -0.465 e. The number of alkyl halides is 3. The van der Waals surface area contributed by atoms with E-state index in [0.29, 0.717) is 31.5 Å². The maximum atomic E-state index is 13.4. The van der Waals surface area contributed by atoms with Gasteiger partial charge in [-0.05, 0) is 100 Å². The molecule has 0 N–H and O–H groups in total. The molecule has 0 amide bonds. The van der Waals surface area contributed by atoms with Crippen molar-refractivity contribution in [2.75, 3.05) is 13.7 Å². The van der Waals surface area contributed by atoms with Crippen molar-refractivity contribution in [1.29, 1.82) is 0 Å². The summed E-state index contributed by atoms with van der Waals surface area (Å²) in [7, 11) is 1.33. The first-order valence-corrected chi connectivity index (χ1v) is 15.0. The number of rotatable bonds is 5. The van der Waals surface area contributed by atoms with Crippen molar-refractivity contribution >= 4 is 34.3 Å². The molecule has 1 aliphatic heterocycles. The number of hydrogen-bond donors (Lipinski definition) is 0. The van der Waals surface area contributed by atoms with Gasteiger partial charge < -0.3 is 9.47 Å². The fraction of sp³-hybridized carbons (Fsp3) is 0.394. The highest BCUT2D eigenvalue weighted by molar-refractivity contribution is 7.12. The molecule has 4 aromatic rings. The number of aryl methyl sites for hydroxylation is 1. The number of piperidine rings is 1. The van der Waals surface area contributed by atoms with Crippen LogP contribution in [-0.4, -0.2) is 40.8 Å². The summed E-state index contributed by atoms with van der Waals surface area (Å²) in [5, 5.41) is 0.945. The first-order chi connectivity index (χ1) is 20.2. The quantitative estimate of drug-likeness (QED) is 0.211. The van der Waals surface area contributed by atoms with Crippen LogP contribution in [0.4, 0.5) is 18.0 Å². The molecule has 6 nitrogen and oxygen atoms in total. The van der Waals surface area contributed by atoms with Gasteiger partial charge in [0.15, 0.2) is 0 Å². The number of esters is 1. The molecular weight excluding hydrogens is 577 g/mol. The molecule has 1 saturated heterocycles. The van der Waals surface area contributed by atoms with Crippen LogP contribution in [0.1, 0.15) is 82.4 Å². The predicted molar refractivity (Wildman–Crippen MR) is 161 cm³/mol. The normalized spacial score (nSPS) is 18.1. The van der Waals surface area contributed by atoms with Crippen molar-refractivity contribution < 1.29 is 32.2 Å². The lowest BCUT2D eigenvalue weighted by Crippen LogP contribution is -2.35. The van der Waals surface area contributed by atoms with Crippen LogP contribution >= 0.6 is 11.3 Å². The number of hydrogen-bond acceptors (Lipinski definition) is 6. The molecule has 3 heterocycles. The van der Waals surface area contributed by atoms with Gasteiger partial charge in [0.1, 0.15) is 10.5 Å². The van der Waals surface area contributed by atoms with Crippen LogP contribution in [0.2, 0.25) is 0 Å². The van der Waals surface area contributed by atoms with Crippen molar-refractivity contribution in [1.82, 2.24) is 9.47 Å². The Balaban J connectivity index is 1.47. The molecule has 2 unspecified atom stereocenters. The molecule has 10 heteroatoms. The third kappa shape index (κ3) is 6.65. The number of methoxy groups -OCH3 is 1. The van der Waals surface area contributed by atoms with Gasteiger partial charge in [-0.15, -0.1) is 11.3 Å². The van der Waals surface area contributed by atoms with E-state index < -0.39 is 28.7 Å². The maximum Gasteiger partial charge on any atom is 0.425 e. The molecule has 0 bridgehead atoms. The Kier molecular flexibility index (Phi) is 8.46. The smallest absolute Gasteiger partial charge is 0.425 e. The highest BCUT2D eigenvalue weighted by Crippen LogP contribution is 2.45. The number of aromatic nitrogens is 1. The monoisotopic (exact) mass is 612 g/mol. The Morgan fingerprint density at radius 2 is 1.72 bits per heavy atom. The van der Waals surface area contributed by atoms with Crippen LogP contribution in [0, 0.1) is 6.92 Å². The van der Waals surface area contributed by atoms with Gasteiger partial charge in [-0.25, -0.2) is 9.59 Å². The molecule has 228 valence electrons. The van der Waals surface area contributed by atoms with Gasteiger partial charge in [-0.1, -0.05) is 24.3 Å². The summed E-state index contributed by atoms with van der Waals surface area (Å²) in [6.45, 7) is 8.68. The lowest BCUT2D eigenvalue weighted by molar-refractivity contribution is -0.134. The summed E-state index contributed by atoms with van der Waals surface area (Å²) < 4.78 is 52.1. The van der Waals surface area contributed by atoms with E-state index in [4.69, 9.17) is 9.47 Å². The summed E-state index contributed by atoms with van der Waals surface area (Å²) in [5.41, 5.74) is 3.54. The molecule has 1 fully saturated rings. The summed E-state index contributed by atoms with van der Waals surface area (Å²) in [5.74, 6) is -0.464. The van der Waals surface area contributed by atoms with Crippen LogP contribution in [0.15, 0.2) is 60.8 Å². The lowest BCUT2D eigenvalue weighted by atomic mass is 9.85. The molecule has 2 atom stereocenters. The van der Waals surface area contributed by atoms with Crippen LogP contribution in [0.5, 0.6) is 0 Å². The number of likely N-dealkylation sites (tertiary alicyclic amines) is 1. The Bertz CT molecular complexity index is 1630. The number of carbonyl (C=O) groups excluding carboxylic acids is 2. The summed E-state index contributed by atoms with van der Waals surface area (Å²) >= 11 is 0.820. The van der Waals surface area contributed by atoms with Gasteiger partial charge in [-0.3, -0.25) is 9.47 Å². The van der Waals surface area contributed by atoms with E-state index in [1.807, 2.05) is 52.0 Å². The first kappa shape index (κ1) is 30.8. The molecule has 1 aliphatic rings. The second-order valence-electron chi connectivity index (χ2n) is 12.0. The van der Waals surface area contributed by atoms with E-state index in [2.05, 4.69) is 11.0 Å². The van der Waals surface area contributed by atoms with Crippen LogP contribution in [0.3, 0.4) is 0 Å². The Labute approximate surface area is 253 Å². The highest BCUT2D eigenvalue weighted by atomic mass is 32.1. The standard InChI is InChI=1S/C33H35F3N2O4S/c1-20-6-7-24(25-15-17-38(29(20)25)31(40)42-32(2,3)4)19-37-16-14-23(27-12-13-28(43-27)33(34,35)36)18-26(37)21-8-10-22(11-9-21)30(39)41-5/h6-13,15,17,23,26H,14,16,18-19H2,1-5H3. The maximum absolute atomic E-state index is 13.4. The second kappa shape index (κ2) is 11.8. The van der Waals surface area contributed by atoms with E-state index in [1.165, 1.54) is 13.2 Å². The zero-order chi connectivity index (χ0) is 31.1. The number of nitrogens with zero attached hydrogens (tertiary/aromatic N) is 2. The van der Waals surface area contributed by atoms with Crippen molar-refractivity contribution in [3.05, 3.63) is 92.8 Å². The summed E-state index contributed by atoms with van der Waals surface area (Å²) in [6.07, 6.45) is -1.73. The number of thiophene rings is 1. The van der Waals surface area contributed by atoms with E-state index in [1.54, 1.807) is 29.0 Å². The van der Waals surface area contributed by atoms with Crippen molar-refractivity contribution in [2.45, 2.75) is 70.8 Å². The fourth-order valence-corrected chi connectivity index (χ4v) is 6.82. The number of halogens is 3. The molecule has 43 heavy (non-hydrogen) atoms. The van der Waals surface area contributed by atoms with Gasteiger partial charge in [0.2, 0.25) is 0 Å². The molecule has 2 aromatic carbocycles. The largest absolute Gasteiger partial charge is 0.465 e. The van der Waals surface area contributed by atoms with Crippen LogP contribution in [0.25, 0.3) is 10.9 Å². The minimum absolute atomic E-state index is 0.0334. The number of fused-ring (bicyclic) bond motifs is 1. The van der Waals surface area contributed by atoms with Crippen LogP contribution in [-0.2, 0) is 22.2 Å². The summed E-state index contributed by atoms with van der Waals surface area (Å²) in [4.78, 5) is 27.5. The third-order valence-electron chi connectivity index (χ3n) is 7.84. The van der Waals surface area contributed by atoms with Crippen LogP contribution < -0.4 is 0 Å². The average molecular weight is 613 g/mol. The zero-order valence-electron chi connectivity index (χ0n) is 24.8. The lowest BCUT2D eigenvalue weighted by Gasteiger charge is -2.40. The van der Waals surface area contributed by atoms with Gasteiger partial charge in [-0.2, -0.15) is 13.2 Å². The van der Waals surface area contributed by atoms with Crippen molar-refractivity contribution in [3.8, 4) is 0 Å². The number of benzene rings is 2. The third-order valence-corrected chi connectivity index (χ3v) is 9.13. The molecule has 2 aromatic heterocycles. The topological polar surface area (TPSA) is 60.8 Å². The first-order valence-electron chi connectivity index (χ1n) is 14.2. The predicted octanol–water partition coefficient (Wildman–Crippen LogP) is 8.72. The molecule has 0 saturated carbocycles. The SMILES string of the molecule is COC(=O)c1ccc(C2CC(c3ccc(C(F)(F)F)s3)CCN2Cc2ccc(C)c3c2ccn3C(=O)OC(C)(C)C)cc1. The van der Waals surface area contributed by atoms with E-state index in [-0.39, 0.29) is 12.0 Å².